The number of nitrogens with zero attached hydrogens (tertiary/aromatic N) is 1. The Bertz CT molecular complexity index is 729. The summed E-state index contributed by atoms with van der Waals surface area (Å²) in [5.74, 6) is -0.213. The van der Waals surface area contributed by atoms with Crippen molar-refractivity contribution >= 4 is 17.7 Å². The Kier molecular flexibility index (Phi) is 7.44. The minimum atomic E-state index is -0.571. The van der Waals surface area contributed by atoms with E-state index in [1.165, 1.54) is 0 Å². The first-order valence-corrected chi connectivity index (χ1v) is 10.4. The number of aryl methyl sites for hydroxylation is 1. The van der Waals surface area contributed by atoms with Crippen molar-refractivity contribution in [2.45, 2.75) is 73.3 Å². The molecule has 0 saturated heterocycles. The van der Waals surface area contributed by atoms with Gasteiger partial charge in [-0.3, -0.25) is 9.59 Å². The Balaban J connectivity index is 2.31. The molecule has 0 bridgehead atoms. The SMILES string of the molecule is CCOC(=O)c1[nH]c(C)c(C(=O)[C@@H](C)N(CC(C)C)C(=O)C2CCCC2)c1C. The fourth-order valence-corrected chi connectivity index (χ4v) is 4.12. The fraction of sp³-hybridized carbons (Fsp3) is 0.682. The van der Waals surface area contributed by atoms with Gasteiger partial charge in [0, 0.05) is 23.7 Å². The normalized spacial score (nSPS) is 15.7. The first-order valence-electron chi connectivity index (χ1n) is 10.4. The van der Waals surface area contributed by atoms with Gasteiger partial charge in [-0.05, 0) is 52.0 Å². The van der Waals surface area contributed by atoms with E-state index in [2.05, 4.69) is 18.8 Å². The molecule has 1 heterocycles. The van der Waals surface area contributed by atoms with Gasteiger partial charge < -0.3 is 14.6 Å². The Labute approximate surface area is 168 Å². The summed E-state index contributed by atoms with van der Waals surface area (Å²) >= 11 is 0. The van der Waals surface area contributed by atoms with E-state index in [9.17, 15) is 14.4 Å². The highest BCUT2D eigenvalue weighted by atomic mass is 16.5. The lowest BCUT2D eigenvalue weighted by atomic mass is 9.97. The smallest absolute Gasteiger partial charge is 0.355 e. The van der Waals surface area contributed by atoms with E-state index in [0.717, 1.165) is 25.7 Å². The second kappa shape index (κ2) is 9.39. The third-order valence-corrected chi connectivity index (χ3v) is 5.56. The molecule has 1 amide bonds. The summed E-state index contributed by atoms with van der Waals surface area (Å²) in [5, 5.41) is 0. The molecule has 1 N–H and O–H groups in total. The van der Waals surface area contributed by atoms with Gasteiger partial charge in [0.2, 0.25) is 5.91 Å². The van der Waals surface area contributed by atoms with Crippen LogP contribution in [0.15, 0.2) is 0 Å². The number of ether oxygens (including phenoxy) is 1. The Hall–Kier alpha value is -2.11. The number of aromatic nitrogens is 1. The van der Waals surface area contributed by atoms with Crippen LogP contribution in [-0.2, 0) is 9.53 Å². The van der Waals surface area contributed by atoms with Crippen LogP contribution in [0.3, 0.4) is 0 Å². The molecule has 1 fully saturated rings. The van der Waals surface area contributed by atoms with Crippen LogP contribution < -0.4 is 0 Å². The summed E-state index contributed by atoms with van der Waals surface area (Å²) in [5.41, 5.74) is 2.02. The zero-order chi connectivity index (χ0) is 21.0. The number of hydrogen-bond donors (Lipinski definition) is 1. The summed E-state index contributed by atoms with van der Waals surface area (Å²) in [6.07, 6.45) is 3.97. The van der Waals surface area contributed by atoms with Crippen molar-refractivity contribution in [2.24, 2.45) is 11.8 Å². The summed E-state index contributed by atoms with van der Waals surface area (Å²) < 4.78 is 5.08. The first kappa shape index (κ1) is 22.2. The number of hydrogen-bond acceptors (Lipinski definition) is 4. The van der Waals surface area contributed by atoms with Gasteiger partial charge in [0.1, 0.15) is 5.69 Å². The van der Waals surface area contributed by atoms with Crippen LogP contribution in [0.25, 0.3) is 0 Å². The van der Waals surface area contributed by atoms with Crippen LogP contribution in [0.5, 0.6) is 0 Å². The standard InChI is InChI=1S/C22H34N2O4/c1-7-28-22(27)19-14(4)18(15(5)23-19)20(25)16(6)24(12-13(2)3)21(26)17-10-8-9-11-17/h13,16-17,23H,7-12H2,1-6H3/t16-/m1/s1. The average molecular weight is 391 g/mol. The number of esters is 1. The van der Waals surface area contributed by atoms with Gasteiger partial charge in [-0.2, -0.15) is 0 Å². The van der Waals surface area contributed by atoms with E-state index in [1.807, 2.05) is 0 Å². The largest absolute Gasteiger partial charge is 0.461 e. The van der Waals surface area contributed by atoms with E-state index < -0.39 is 12.0 Å². The predicted molar refractivity (Wildman–Crippen MR) is 109 cm³/mol. The van der Waals surface area contributed by atoms with Gasteiger partial charge in [-0.25, -0.2) is 4.79 Å². The second-order valence-corrected chi connectivity index (χ2v) is 8.25. The second-order valence-electron chi connectivity index (χ2n) is 8.25. The quantitative estimate of drug-likeness (QED) is 0.536. The van der Waals surface area contributed by atoms with E-state index in [0.29, 0.717) is 29.1 Å². The van der Waals surface area contributed by atoms with E-state index in [4.69, 9.17) is 4.74 Å². The van der Waals surface area contributed by atoms with Crippen LogP contribution in [0.2, 0.25) is 0 Å². The molecule has 0 aromatic carbocycles. The van der Waals surface area contributed by atoms with E-state index in [1.54, 1.807) is 32.6 Å². The maximum atomic E-state index is 13.4. The lowest BCUT2D eigenvalue weighted by Crippen LogP contribution is -2.47. The molecule has 28 heavy (non-hydrogen) atoms. The van der Waals surface area contributed by atoms with Gasteiger partial charge in [0.25, 0.3) is 0 Å². The zero-order valence-electron chi connectivity index (χ0n) is 18.1. The van der Waals surface area contributed by atoms with Gasteiger partial charge in [0.05, 0.1) is 12.6 Å². The predicted octanol–water partition coefficient (Wildman–Crippen LogP) is 4.05. The summed E-state index contributed by atoms with van der Waals surface area (Å²) in [6.45, 7) is 12.0. The highest BCUT2D eigenvalue weighted by Gasteiger charge is 2.35. The maximum Gasteiger partial charge on any atom is 0.355 e. The van der Waals surface area contributed by atoms with Crippen molar-refractivity contribution in [3.63, 3.8) is 0 Å². The van der Waals surface area contributed by atoms with Crippen molar-refractivity contribution in [3.05, 3.63) is 22.5 Å². The van der Waals surface area contributed by atoms with Crippen molar-refractivity contribution in [2.75, 3.05) is 13.2 Å². The lowest BCUT2D eigenvalue weighted by Gasteiger charge is -2.32. The molecule has 2 rings (SSSR count). The molecule has 1 aliphatic rings. The summed E-state index contributed by atoms with van der Waals surface area (Å²) in [7, 11) is 0. The van der Waals surface area contributed by atoms with E-state index in [-0.39, 0.29) is 30.1 Å². The monoisotopic (exact) mass is 390 g/mol. The number of H-pyrrole nitrogens is 1. The topological polar surface area (TPSA) is 79.5 Å². The summed E-state index contributed by atoms with van der Waals surface area (Å²) in [6, 6.07) is -0.571. The Morgan fingerprint density at radius 2 is 1.75 bits per heavy atom. The highest BCUT2D eigenvalue weighted by molar-refractivity contribution is 6.06. The van der Waals surface area contributed by atoms with Crippen molar-refractivity contribution < 1.29 is 19.1 Å². The summed E-state index contributed by atoms with van der Waals surface area (Å²) in [4.78, 5) is 43.4. The van der Waals surface area contributed by atoms with Crippen molar-refractivity contribution in [1.82, 2.24) is 9.88 Å². The molecule has 0 unspecified atom stereocenters. The molecule has 1 aliphatic carbocycles. The van der Waals surface area contributed by atoms with Crippen LogP contribution >= 0.6 is 0 Å². The number of Topliss-reactive ketones (excluding diaryl/α,β-unsaturated/α-hetero) is 1. The zero-order valence-corrected chi connectivity index (χ0v) is 18.1. The third-order valence-electron chi connectivity index (χ3n) is 5.56. The first-order chi connectivity index (χ1) is 13.2. The lowest BCUT2D eigenvalue weighted by molar-refractivity contribution is -0.137. The Morgan fingerprint density at radius 1 is 1.14 bits per heavy atom. The minimum Gasteiger partial charge on any atom is -0.461 e. The van der Waals surface area contributed by atoms with Crippen molar-refractivity contribution in [3.8, 4) is 0 Å². The molecule has 1 saturated carbocycles. The van der Waals surface area contributed by atoms with Crippen LogP contribution in [-0.4, -0.2) is 46.7 Å². The number of ketones is 1. The molecule has 1 aromatic rings. The Morgan fingerprint density at radius 3 is 2.29 bits per heavy atom. The highest BCUT2D eigenvalue weighted by Crippen LogP contribution is 2.29. The third kappa shape index (κ3) is 4.65. The number of carbonyl (C=O) groups excluding carboxylic acids is 3. The molecular formula is C22H34N2O4. The van der Waals surface area contributed by atoms with Crippen LogP contribution in [0.1, 0.15) is 85.5 Å². The number of nitrogens with one attached hydrogen (secondary N) is 1. The molecular weight excluding hydrogens is 356 g/mol. The number of amides is 1. The molecule has 156 valence electrons. The van der Waals surface area contributed by atoms with E-state index >= 15 is 0 Å². The van der Waals surface area contributed by atoms with Crippen molar-refractivity contribution in [1.29, 1.82) is 0 Å². The van der Waals surface area contributed by atoms with Gasteiger partial charge in [-0.15, -0.1) is 0 Å². The molecule has 1 aromatic heterocycles. The van der Waals surface area contributed by atoms with Gasteiger partial charge in [0.15, 0.2) is 5.78 Å². The number of aromatic amines is 1. The average Bonchev–Trinajstić information content (AvgIpc) is 3.26. The van der Waals surface area contributed by atoms with Crippen LogP contribution in [0, 0.1) is 25.7 Å². The maximum absolute atomic E-state index is 13.4. The molecule has 1 atom stereocenters. The van der Waals surface area contributed by atoms with Crippen LogP contribution in [0.4, 0.5) is 0 Å². The molecule has 0 aliphatic heterocycles. The van der Waals surface area contributed by atoms with Gasteiger partial charge >= 0.3 is 5.97 Å². The molecule has 6 nitrogen and oxygen atoms in total. The molecule has 6 heteroatoms. The fourth-order valence-electron chi connectivity index (χ4n) is 4.12. The molecule has 0 radical (unpaired) electrons. The minimum absolute atomic E-state index is 0.0255. The number of carbonyl (C=O) groups is 3. The molecule has 0 spiro atoms. The number of rotatable bonds is 8. The van der Waals surface area contributed by atoms with Gasteiger partial charge in [-0.1, -0.05) is 26.7 Å².